The molecule has 0 aliphatic heterocycles. The molecule has 0 radical (unpaired) electrons. The summed E-state index contributed by atoms with van der Waals surface area (Å²) in [5, 5.41) is 21.4. The van der Waals surface area contributed by atoms with E-state index in [0.29, 0.717) is 16.9 Å². The van der Waals surface area contributed by atoms with E-state index in [0.717, 1.165) is 18.3 Å². The first-order chi connectivity index (χ1) is 14.1. The molecule has 1 amide bonds. The summed E-state index contributed by atoms with van der Waals surface area (Å²) < 4.78 is 41.2. The lowest BCUT2D eigenvalue weighted by atomic mass is 10.1. The van der Waals surface area contributed by atoms with E-state index in [4.69, 9.17) is 0 Å². The summed E-state index contributed by atoms with van der Waals surface area (Å²) in [6.07, 6.45) is -0.381. The van der Waals surface area contributed by atoms with E-state index < -0.39 is 16.7 Å². The zero-order chi connectivity index (χ0) is 21.9. The highest BCUT2D eigenvalue weighted by molar-refractivity contribution is 5.90. The first kappa shape index (κ1) is 21.0. The highest BCUT2D eigenvalue weighted by Gasteiger charge is 2.30. The molecular formula is C18H17F3N6O3. The summed E-state index contributed by atoms with van der Waals surface area (Å²) in [7, 11) is 0. The molecule has 0 bridgehead atoms. The molecule has 2 heterocycles. The molecule has 0 aliphatic rings. The van der Waals surface area contributed by atoms with E-state index in [-0.39, 0.29) is 31.1 Å². The number of carbonyl (C=O) groups excluding carboxylic acids is 1. The zero-order valence-electron chi connectivity index (χ0n) is 15.8. The van der Waals surface area contributed by atoms with Crippen LogP contribution in [-0.2, 0) is 24.1 Å². The van der Waals surface area contributed by atoms with Crippen molar-refractivity contribution in [1.82, 2.24) is 19.6 Å². The van der Waals surface area contributed by atoms with Crippen molar-refractivity contribution >= 4 is 17.3 Å². The van der Waals surface area contributed by atoms with Crippen LogP contribution in [0.15, 0.2) is 42.9 Å². The molecule has 0 unspecified atom stereocenters. The lowest BCUT2D eigenvalue weighted by Crippen LogP contribution is -2.15. The van der Waals surface area contributed by atoms with Gasteiger partial charge in [0.25, 0.3) is 0 Å². The number of alkyl halides is 3. The van der Waals surface area contributed by atoms with Gasteiger partial charge < -0.3 is 5.32 Å². The molecule has 1 N–H and O–H groups in total. The van der Waals surface area contributed by atoms with Crippen LogP contribution in [0.2, 0.25) is 0 Å². The van der Waals surface area contributed by atoms with Crippen LogP contribution < -0.4 is 5.32 Å². The monoisotopic (exact) mass is 422 g/mol. The molecular weight excluding hydrogens is 405 g/mol. The molecule has 0 spiro atoms. The van der Waals surface area contributed by atoms with Crippen LogP contribution in [0.4, 0.5) is 24.5 Å². The maximum atomic E-state index is 12.8. The van der Waals surface area contributed by atoms with E-state index >= 15 is 0 Å². The van der Waals surface area contributed by atoms with E-state index in [2.05, 4.69) is 15.5 Å². The van der Waals surface area contributed by atoms with Crippen molar-refractivity contribution in [1.29, 1.82) is 0 Å². The maximum absolute atomic E-state index is 12.8. The van der Waals surface area contributed by atoms with Crippen molar-refractivity contribution in [2.24, 2.45) is 0 Å². The molecule has 3 rings (SSSR count). The van der Waals surface area contributed by atoms with Gasteiger partial charge in [-0.25, -0.2) is 0 Å². The molecule has 30 heavy (non-hydrogen) atoms. The van der Waals surface area contributed by atoms with Crippen molar-refractivity contribution < 1.29 is 22.9 Å². The van der Waals surface area contributed by atoms with Gasteiger partial charge in [-0.2, -0.15) is 23.4 Å². The van der Waals surface area contributed by atoms with Gasteiger partial charge >= 0.3 is 11.9 Å². The number of benzene rings is 1. The Balaban J connectivity index is 1.56. The first-order valence-corrected chi connectivity index (χ1v) is 8.78. The van der Waals surface area contributed by atoms with E-state index in [1.807, 2.05) is 0 Å². The molecule has 1 aromatic carbocycles. The molecule has 9 nitrogen and oxygen atoms in total. The smallest absolute Gasteiger partial charge is 0.323 e. The van der Waals surface area contributed by atoms with Crippen molar-refractivity contribution in [3.63, 3.8) is 0 Å². The Morgan fingerprint density at radius 3 is 2.70 bits per heavy atom. The maximum Gasteiger partial charge on any atom is 0.416 e. The van der Waals surface area contributed by atoms with Crippen LogP contribution in [0.1, 0.15) is 23.2 Å². The number of halogens is 3. The highest BCUT2D eigenvalue weighted by Crippen LogP contribution is 2.29. The third kappa shape index (κ3) is 5.01. The summed E-state index contributed by atoms with van der Waals surface area (Å²) >= 11 is 0. The number of rotatable bonds is 7. The van der Waals surface area contributed by atoms with E-state index in [1.54, 1.807) is 13.0 Å². The van der Waals surface area contributed by atoms with Crippen LogP contribution in [0.5, 0.6) is 0 Å². The number of amides is 1. The minimum absolute atomic E-state index is 0.0263. The molecule has 12 heteroatoms. The Morgan fingerprint density at radius 1 is 1.27 bits per heavy atom. The van der Waals surface area contributed by atoms with E-state index in [1.165, 1.54) is 27.8 Å². The van der Waals surface area contributed by atoms with Crippen molar-refractivity contribution in [2.75, 3.05) is 5.32 Å². The molecule has 0 atom stereocenters. The fourth-order valence-corrected chi connectivity index (χ4v) is 2.82. The van der Waals surface area contributed by atoms with Gasteiger partial charge in [-0.05, 0) is 24.6 Å². The zero-order valence-corrected chi connectivity index (χ0v) is 15.8. The lowest BCUT2D eigenvalue weighted by Gasteiger charge is -2.08. The average molecular weight is 422 g/mol. The molecule has 2 aromatic heterocycles. The van der Waals surface area contributed by atoms with Crippen molar-refractivity contribution in [3.8, 4) is 0 Å². The van der Waals surface area contributed by atoms with Gasteiger partial charge in [-0.1, -0.05) is 12.1 Å². The van der Waals surface area contributed by atoms with Crippen LogP contribution in [0.3, 0.4) is 0 Å². The summed E-state index contributed by atoms with van der Waals surface area (Å²) in [6, 6.07) is 4.92. The largest absolute Gasteiger partial charge is 0.416 e. The van der Waals surface area contributed by atoms with Gasteiger partial charge in [0.05, 0.1) is 35.5 Å². The number of carbonyl (C=O) groups is 1. The van der Waals surface area contributed by atoms with Gasteiger partial charge in [-0.15, -0.1) is 0 Å². The molecule has 0 fully saturated rings. The summed E-state index contributed by atoms with van der Waals surface area (Å²) in [4.78, 5) is 22.4. The average Bonchev–Trinajstić information content (AvgIpc) is 3.26. The summed E-state index contributed by atoms with van der Waals surface area (Å²) in [5.74, 6) is -0.355. The van der Waals surface area contributed by atoms with Gasteiger partial charge in [0.15, 0.2) is 0 Å². The standard InChI is InChI=1S/C18H17F3N6O3/c1-12-16(27(29)30)9-23-26(12)6-5-17(28)24-15-8-22-25(11-15)10-13-3-2-4-14(7-13)18(19,20)21/h2-4,7-9,11H,5-6,10H2,1H3,(H,24,28). The Bertz CT molecular complexity index is 1070. The van der Waals surface area contributed by atoms with Crippen LogP contribution in [0, 0.1) is 17.0 Å². The van der Waals surface area contributed by atoms with Crippen LogP contribution in [0.25, 0.3) is 0 Å². The second-order valence-electron chi connectivity index (χ2n) is 6.52. The van der Waals surface area contributed by atoms with Crippen molar-refractivity contribution in [2.45, 2.75) is 32.6 Å². The van der Waals surface area contributed by atoms with Gasteiger partial charge in [-0.3, -0.25) is 24.3 Å². The van der Waals surface area contributed by atoms with E-state index in [9.17, 15) is 28.1 Å². The first-order valence-electron chi connectivity index (χ1n) is 8.78. The number of hydrogen-bond donors (Lipinski definition) is 1. The molecule has 158 valence electrons. The predicted molar refractivity (Wildman–Crippen MR) is 99.6 cm³/mol. The minimum atomic E-state index is -4.42. The SMILES string of the molecule is Cc1c([N+](=O)[O-])cnn1CCC(=O)Nc1cnn(Cc2cccc(C(F)(F)F)c2)c1. The minimum Gasteiger partial charge on any atom is -0.323 e. The molecule has 3 aromatic rings. The third-order valence-electron chi connectivity index (χ3n) is 4.34. The van der Waals surface area contributed by atoms with Gasteiger partial charge in [0.2, 0.25) is 5.91 Å². The fourth-order valence-electron chi connectivity index (χ4n) is 2.82. The second-order valence-corrected chi connectivity index (χ2v) is 6.52. The Hall–Kier alpha value is -3.70. The van der Waals surface area contributed by atoms with Crippen LogP contribution in [-0.4, -0.2) is 30.4 Å². The summed E-state index contributed by atoms with van der Waals surface area (Å²) in [5.41, 5.74) is 0.291. The molecule has 0 saturated heterocycles. The Kier molecular flexibility index (Phi) is 5.85. The topological polar surface area (TPSA) is 108 Å². The Morgan fingerprint density at radius 2 is 2.03 bits per heavy atom. The number of hydrogen-bond acceptors (Lipinski definition) is 5. The number of aryl methyl sites for hydroxylation is 1. The third-order valence-corrected chi connectivity index (χ3v) is 4.34. The normalized spacial score (nSPS) is 11.5. The fraction of sp³-hybridized carbons (Fsp3) is 0.278. The van der Waals surface area contributed by atoms with Gasteiger partial charge in [0.1, 0.15) is 11.9 Å². The highest BCUT2D eigenvalue weighted by atomic mass is 19.4. The summed E-state index contributed by atoms with van der Waals surface area (Å²) in [6.45, 7) is 1.81. The van der Waals surface area contributed by atoms with Crippen LogP contribution >= 0.6 is 0 Å². The molecule has 0 saturated carbocycles. The number of aromatic nitrogens is 4. The number of nitro groups is 1. The number of nitrogens with zero attached hydrogens (tertiary/aromatic N) is 5. The quantitative estimate of drug-likeness (QED) is 0.464. The number of anilines is 1. The Labute approximate surface area is 168 Å². The second kappa shape index (κ2) is 8.35. The molecule has 0 aliphatic carbocycles. The number of nitrogens with one attached hydrogen (secondary N) is 1. The lowest BCUT2D eigenvalue weighted by molar-refractivity contribution is -0.385. The van der Waals surface area contributed by atoms with Crippen molar-refractivity contribution in [3.05, 3.63) is 69.8 Å². The van der Waals surface area contributed by atoms with Gasteiger partial charge in [0, 0.05) is 12.6 Å². The predicted octanol–water partition coefficient (Wildman–Crippen LogP) is 3.39.